The van der Waals surface area contributed by atoms with Gasteiger partial charge in [-0.05, 0) is 23.8 Å². The molecule has 1 aliphatic heterocycles. The minimum atomic E-state index is -0.448. The van der Waals surface area contributed by atoms with E-state index in [9.17, 15) is 15.0 Å². The number of aromatic nitrogens is 3. The van der Waals surface area contributed by atoms with Crippen molar-refractivity contribution in [3.63, 3.8) is 0 Å². The van der Waals surface area contributed by atoms with Gasteiger partial charge in [0.2, 0.25) is 0 Å². The van der Waals surface area contributed by atoms with Crippen LogP contribution in [0.3, 0.4) is 0 Å². The molecule has 0 radical (unpaired) electrons. The summed E-state index contributed by atoms with van der Waals surface area (Å²) in [5.41, 5.74) is 1.71. The zero-order valence-electron chi connectivity index (χ0n) is 15.6. The van der Waals surface area contributed by atoms with E-state index in [4.69, 9.17) is 11.2 Å². The summed E-state index contributed by atoms with van der Waals surface area (Å²) in [5.74, 6) is 2.10. The molecule has 0 saturated carbocycles. The predicted molar refractivity (Wildman–Crippen MR) is 107 cm³/mol. The van der Waals surface area contributed by atoms with Crippen molar-refractivity contribution in [2.75, 3.05) is 26.3 Å². The highest BCUT2D eigenvalue weighted by molar-refractivity contribution is 5.70. The van der Waals surface area contributed by atoms with E-state index in [1.54, 1.807) is 0 Å². The highest BCUT2D eigenvalue weighted by Crippen LogP contribution is 2.34. The highest BCUT2D eigenvalue weighted by atomic mass is 16.5. The Morgan fingerprint density at radius 3 is 2.55 bits per heavy atom. The summed E-state index contributed by atoms with van der Waals surface area (Å²) in [4.78, 5) is 14.7. The number of terminal acetylenes is 1. The standard InChI is InChI=1S/C21H20N4O4/c1-2-15-11-17(19(27)12-18(15)26)20-22-23-21(28)25(20)16-5-3-14(4-6-16)13-24-7-9-29-10-8-24/h1,3-6,11-12,26-27H,7-10,13H2,(H,23,28). The minimum absolute atomic E-state index is 0.195. The summed E-state index contributed by atoms with van der Waals surface area (Å²) in [7, 11) is 0. The number of aromatic amines is 1. The molecule has 4 rings (SSSR count). The second-order valence-electron chi connectivity index (χ2n) is 6.77. The Morgan fingerprint density at radius 2 is 1.86 bits per heavy atom. The maximum atomic E-state index is 12.4. The molecule has 148 valence electrons. The molecule has 8 heteroatoms. The largest absolute Gasteiger partial charge is 0.507 e. The highest BCUT2D eigenvalue weighted by Gasteiger charge is 2.18. The maximum Gasteiger partial charge on any atom is 0.348 e. The molecular formula is C21H20N4O4. The van der Waals surface area contributed by atoms with Crippen LogP contribution in [0.5, 0.6) is 11.5 Å². The lowest BCUT2D eigenvalue weighted by molar-refractivity contribution is 0.0342. The van der Waals surface area contributed by atoms with Gasteiger partial charge in [0.15, 0.2) is 5.82 Å². The topological polar surface area (TPSA) is 104 Å². The lowest BCUT2D eigenvalue weighted by Crippen LogP contribution is -2.35. The molecule has 3 aromatic rings. The van der Waals surface area contributed by atoms with Crippen LogP contribution in [0.2, 0.25) is 0 Å². The Morgan fingerprint density at radius 1 is 1.14 bits per heavy atom. The molecule has 1 saturated heterocycles. The fraction of sp³-hybridized carbons (Fsp3) is 0.238. The molecule has 0 atom stereocenters. The smallest absolute Gasteiger partial charge is 0.348 e. The molecule has 29 heavy (non-hydrogen) atoms. The molecule has 1 aromatic heterocycles. The first-order valence-corrected chi connectivity index (χ1v) is 9.16. The monoisotopic (exact) mass is 392 g/mol. The van der Waals surface area contributed by atoms with Crippen LogP contribution in [-0.4, -0.2) is 56.2 Å². The number of phenolic OH excluding ortho intramolecular Hbond substituents is 2. The summed E-state index contributed by atoms with van der Waals surface area (Å²) >= 11 is 0. The summed E-state index contributed by atoms with van der Waals surface area (Å²) in [6.45, 7) is 4.07. The number of hydrogen-bond donors (Lipinski definition) is 3. The number of H-pyrrole nitrogens is 1. The van der Waals surface area contributed by atoms with E-state index in [-0.39, 0.29) is 28.5 Å². The van der Waals surface area contributed by atoms with Crippen LogP contribution in [0.15, 0.2) is 41.2 Å². The molecule has 0 bridgehead atoms. The number of nitrogens with one attached hydrogen (secondary N) is 1. The third kappa shape index (κ3) is 3.74. The summed E-state index contributed by atoms with van der Waals surface area (Å²) in [6.07, 6.45) is 5.40. The number of hydrogen-bond acceptors (Lipinski definition) is 6. The molecule has 0 spiro atoms. The third-order valence-electron chi connectivity index (χ3n) is 4.89. The molecular weight excluding hydrogens is 372 g/mol. The van der Waals surface area contributed by atoms with Crippen LogP contribution in [-0.2, 0) is 11.3 Å². The van der Waals surface area contributed by atoms with Crippen molar-refractivity contribution in [1.29, 1.82) is 0 Å². The summed E-state index contributed by atoms with van der Waals surface area (Å²) in [6, 6.07) is 10.1. The first-order chi connectivity index (χ1) is 14.1. The number of rotatable bonds is 4. The predicted octanol–water partition coefficient (Wildman–Crippen LogP) is 1.45. The molecule has 2 heterocycles. The Kier molecular flexibility index (Phi) is 5.08. The van der Waals surface area contributed by atoms with Crippen molar-refractivity contribution in [3.05, 3.63) is 58.0 Å². The van der Waals surface area contributed by atoms with Gasteiger partial charge in [-0.15, -0.1) is 6.42 Å². The van der Waals surface area contributed by atoms with Crippen molar-refractivity contribution in [2.24, 2.45) is 0 Å². The van der Waals surface area contributed by atoms with Crippen LogP contribution in [0.1, 0.15) is 11.1 Å². The third-order valence-corrected chi connectivity index (χ3v) is 4.89. The Hall–Kier alpha value is -3.54. The quantitative estimate of drug-likeness (QED) is 0.581. The average Bonchev–Trinajstić information content (AvgIpc) is 3.11. The summed E-state index contributed by atoms with van der Waals surface area (Å²) < 4.78 is 6.72. The van der Waals surface area contributed by atoms with Gasteiger partial charge in [0.1, 0.15) is 11.5 Å². The summed E-state index contributed by atoms with van der Waals surface area (Å²) in [5, 5.41) is 26.5. The van der Waals surface area contributed by atoms with Gasteiger partial charge in [-0.25, -0.2) is 14.5 Å². The first kappa shape index (κ1) is 18.8. The van der Waals surface area contributed by atoms with Crippen molar-refractivity contribution in [3.8, 4) is 40.9 Å². The van der Waals surface area contributed by atoms with Crippen molar-refractivity contribution in [1.82, 2.24) is 19.7 Å². The second-order valence-corrected chi connectivity index (χ2v) is 6.77. The van der Waals surface area contributed by atoms with Gasteiger partial charge in [-0.3, -0.25) is 4.90 Å². The van der Waals surface area contributed by atoms with Gasteiger partial charge >= 0.3 is 5.69 Å². The number of aromatic hydroxyl groups is 2. The number of ether oxygens (including phenoxy) is 1. The van der Waals surface area contributed by atoms with Crippen molar-refractivity contribution < 1.29 is 14.9 Å². The zero-order valence-corrected chi connectivity index (χ0v) is 15.6. The van der Waals surface area contributed by atoms with Gasteiger partial charge in [-0.2, -0.15) is 5.10 Å². The van der Waals surface area contributed by atoms with E-state index < -0.39 is 5.69 Å². The molecule has 3 N–H and O–H groups in total. The lowest BCUT2D eigenvalue weighted by atomic mass is 10.1. The number of morpholine rings is 1. The fourth-order valence-corrected chi connectivity index (χ4v) is 3.36. The van der Waals surface area contributed by atoms with Gasteiger partial charge in [0.05, 0.1) is 30.0 Å². The fourth-order valence-electron chi connectivity index (χ4n) is 3.36. The number of benzene rings is 2. The van der Waals surface area contributed by atoms with Crippen LogP contribution in [0, 0.1) is 12.3 Å². The van der Waals surface area contributed by atoms with E-state index in [2.05, 4.69) is 21.0 Å². The van der Waals surface area contributed by atoms with Crippen molar-refractivity contribution in [2.45, 2.75) is 6.54 Å². The molecule has 2 aromatic carbocycles. The first-order valence-electron chi connectivity index (χ1n) is 9.16. The van der Waals surface area contributed by atoms with Gasteiger partial charge < -0.3 is 14.9 Å². The molecule has 8 nitrogen and oxygen atoms in total. The Balaban J connectivity index is 1.68. The SMILES string of the molecule is C#Cc1cc(-c2n[nH]c(=O)n2-c2ccc(CN3CCOCC3)cc2)c(O)cc1O. The Bertz CT molecular complexity index is 1120. The number of nitrogens with zero attached hydrogens (tertiary/aromatic N) is 3. The van der Waals surface area contributed by atoms with Gasteiger partial charge in [0, 0.05) is 25.7 Å². The second kappa shape index (κ2) is 7.83. The Labute approximate surface area is 167 Å². The van der Waals surface area contributed by atoms with Crippen LogP contribution in [0.25, 0.3) is 17.1 Å². The lowest BCUT2D eigenvalue weighted by Gasteiger charge is -2.26. The zero-order chi connectivity index (χ0) is 20.4. The normalized spacial score (nSPS) is 14.6. The molecule has 0 amide bonds. The minimum Gasteiger partial charge on any atom is -0.507 e. The van der Waals surface area contributed by atoms with E-state index in [0.29, 0.717) is 5.69 Å². The average molecular weight is 392 g/mol. The molecule has 0 aliphatic carbocycles. The van der Waals surface area contributed by atoms with Gasteiger partial charge in [0.25, 0.3) is 0 Å². The van der Waals surface area contributed by atoms with E-state index in [1.165, 1.54) is 10.6 Å². The molecule has 1 aliphatic rings. The maximum absolute atomic E-state index is 12.4. The van der Waals surface area contributed by atoms with E-state index in [1.807, 2.05) is 24.3 Å². The van der Waals surface area contributed by atoms with Crippen LogP contribution >= 0.6 is 0 Å². The van der Waals surface area contributed by atoms with Gasteiger partial charge in [-0.1, -0.05) is 18.1 Å². The van der Waals surface area contributed by atoms with Crippen LogP contribution < -0.4 is 5.69 Å². The number of phenols is 2. The van der Waals surface area contributed by atoms with Crippen molar-refractivity contribution >= 4 is 0 Å². The molecule has 1 fully saturated rings. The van der Waals surface area contributed by atoms with E-state index in [0.717, 1.165) is 44.5 Å². The molecule has 0 unspecified atom stereocenters. The van der Waals surface area contributed by atoms with E-state index >= 15 is 0 Å². The van der Waals surface area contributed by atoms with Crippen LogP contribution in [0.4, 0.5) is 0 Å².